The second-order valence-electron chi connectivity index (χ2n) is 8.31. The molecule has 2 saturated carbocycles. The molecule has 2 saturated heterocycles. The Morgan fingerprint density at radius 2 is 1.72 bits per heavy atom. The maximum absolute atomic E-state index is 12.9. The molecule has 0 aromatic heterocycles. The molecule has 4 amide bonds. The molecule has 25 heavy (non-hydrogen) atoms. The third kappa shape index (κ3) is 2.93. The van der Waals surface area contributed by atoms with E-state index in [1.54, 1.807) is 0 Å². The summed E-state index contributed by atoms with van der Waals surface area (Å²) in [5.41, 5.74) is -0.731. The van der Waals surface area contributed by atoms with Crippen molar-refractivity contribution in [1.29, 1.82) is 0 Å². The minimum atomic E-state index is -0.731. The molecule has 4 aliphatic rings. The van der Waals surface area contributed by atoms with Crippen LogP contribution in [0.5, 0.6) is 0 Å². The molecule has 0 bridgehead atoms. The van der Waals surface area contributed by atoms with Gasteiger partial charge in [-0.2, -0.15) is 0 Å². The van der Waals surface area contributed by atoms with Crippen molar-refractivity contribution in [2.75, 3.05) is 13.1 Å². The number of hydrogen-bond acceptors (Lipinski definition) is 3. The standard InChI is InChI=1S/C19H29N3O3/c23-16(21-12-6-8-14-7-2-3-9-15(14)21)13-22-17(24)19(20-18(22)25)10-4-1-5-11-19/h14-15H,1-13H2,(H,20,25)/t14-,15-/m0/s1. The molecule has 4 fully saturated rings. The van der Waals surface area contributed by atoms with E-state index in [0.29, 0.717) is 24.8 Å². The maximum atomic E-state index is 12.9. The third-order valence-corrected chi connectivity index (χ3v) is 6.81. The molecule has 0 aromatic rings. The van der Waals surface area contributed by atoms with Crippen LogP contribution >= 0.6 is 0 Å². The molecule has 6 heteroatoms. The van der Waals surface area contributed by atoms with Crippen molar-refractivity contribution in [2.24, 2.45) is 5.92 Å². The number of hydrogen-bond donors (Lipinski definition) is 1. The molecule has 0 aromatic carbocycles. The number of piperidine rings is 1. The van der Waals surface area contributed by atoms with Crippen LogP contribution in [0, 0.1) is 5.92 Å². The predicted molar refractivity (Wildman–Crippen MR) is 92.8 cm³/mol. The van der Waals surface area contributed by atoms with E-state index in [9.17, 15) is 14.4 Å². The first-order chi connectivity index (χ1) is 12.1. The van der Waals surface area contributed by atoms with Gasteiger partial charge in [-0.05, 0) is 44.4 Å². The van der Waals surface area contributed by atoms with Crippen LogP contribution in [-0.2, 0) is 9.59 Å². The highest BCUT2D eigenvalue weighted by atomic mass is 16.2. The quantitative estimate of drug-likeness (QED) is 0.780. The summed E-state index contributed by atoms with van der Waals surface area (Å²) in [4.78, 5) is 41.3. The normalized spacial score (nSPS) is 31.8. The molecule has 0 unspecified atom stereocenters. The van der Waals surface area contributed by atoms with E-state index in [1.165, 1.54) is 30.6 Å². The first-order valence-corrected chi connectivity index (χ1v) is 10.0. The van der Waals surface area contributed by atoms with E-state index in [0.717, 1.165) is 38.6 Å². The van der Waals surface area contributed by atoms with Gasteiger partial charge in [-0.3, -0.25) is 14.5 Å². The highest BCUT2D eigenvalue weighted by molar-refractivity contribution is 6.09. The lowest BCUT2D eigenvalue weighted by Gasteiger charge is -2.44. The Labute approximate surface area is 149 Å². The van der Waals surface area contributed by atoms with Crippen molar-refractivity contribution >= 4 is 17.8 Å². The van der Waals surface area contributed by atoms with E-state index in [-0.39, 0.29) is 24.4 Å². The monoisotopic (exact) mass is 347 g/mol. The van der Waals surface area contributed by atoms with Crippen LogP contribution in [-0.4, -0.2) is 52.3 Å². The summed E-state index contributed by atoms with van der Waals surface area (Å²) in [5.74, 6) is 0.384. The zero-order chi connectivity index (χ0) is 17.4. The Bertz CT molecular complexity index is 568. The Morgan fingerprint density at radius 1 is 1.00 bits per heavy atom. The van der Waals surface area contributed by atoms with Gasteiger partial charge in [0.1, 0.15) is 12.1 Å². The highest BCUT2D eigenvalue weighted by Gasteiger charge is 2.52. The van der Waals surface area contributed by atoms with Gasteiger partial charge < -0.3 is 10.2 Å². The fourth-order valence-corrected chi connectivity index (χ4v) is 5.47. The molecule has 0 radical (unpaired) electrons. The Hall–Kier alpha value is -1.59. The molecule has 138 valence electrons. The lowest BCUT2D eigenvalue weighted by molar-refractivity contribution is -0.143. The second kappa shape index (κ2) is 6.61. The predicted octanol–water partition coefficient (Wildman–Crippen LogP) is 2.42. The topological polar surface area (TPSA) is 69.7 Å². The largest absolute Gasteiger partial charge is 0.338 e. The van der Waals surface area contributed by atoms with E-state index in [2.05, 4.69) is 5.32 Å². The number of nitrogens with one attached hydrogen (secondary N) is 1. The van der Waals surface area contributed by atoms with Gasteiger partial charge in [0, 0.05) is 12.6 Å². The molecule has 2 aliphatic carbocycles. The first kappa shape index (κ1) is 16.9. The van der Waals surface area contributed by atoms with Crippen LogP contribution in [0.4, 0.5) is 4.79 Å². The van der Waals surface area contributed by atoms with Crippen LogP contribution in [0.1, 0.15) is 70.6 Å². The fraction of sp³-hybridized carbons (Fsp3) is 0.842. The maximum Gasteiger partial charge on any atom is 0.325 e. The van der Waals surface area contributed by atoms with E-state index in [1.807, 2.05) is 4.90 Å². The average molecular weight is 347 g/mol. The van der Waals surface area contributed by atoms with Gasteiger partial charge in [0.25, 0.3) is 5.91 Å². The van der Waals surface area contributed by atoms with Crippen LogP contribution < -0.4 is 5.32 Å². The summed E-state index contributed by atoms with van der Waals surface area (Å²) in [6.07, 6.45) is 11.4. The van der Waals surface area contributed by atoms with Gasteiger partial charge in [-0.1, -0.05) is 32.1 Å². The minimum Gasteiger partial charge on any atom is -0.338 e. The van der Waals surface area contributed by atoms with Crippen LogP contribution in [0.2, 0.25) is 0 Å². The van der Waals surface area contributed by atoms with Gasteiger partial charge in [0.2, 0.25) is 5.91 Å². The Kier molecular flexibility index (Phi) is 4.46. The Morgan fingerprint density at radius 3 is 2.52 bits per heavy atom. The number of likely N-dealkylation sites (tertiary alicyclic amines) is 1. The molecule has 1 N–H and O–H groups in total. The summed E-state index contributed by atoms with van der Waals surface area (Å²) in [6, 6.07) is -0.0585. The molecule has 1 spiro atoms. The molecule has 2 atom stereocenters. The van der Waals surface area contributed by atoms with E-state index < -0.39 is 5.54 Å². The zero-order valence-corrected chi connectivity index (χ0v) is 15.0. The summed E-state index contributed by atoms with van der Waals surface area (Å²) < 4.78 is 0. The Balaban J connectivity index is 1.45. The lowest BCUT2D eigenvalue weighted by Crippen LogP contribution is -2.53. The number of fused-ring (bicyclic) bond motifs is 1. The average Bonchev–Trinajstić information content (AvgIpc) is 2.86. The molecular formula is C19H29N3O3. The van der Waals surface area contributed by atoms with Crippen molar-refractivity contribution in [2.45, 2.75) is 82.2 Å². The summed E-state index contributed by atoms with van der Waals surface area (Å²) in [6.45, 7) is 0.685. The molecular weight excluding hydrogens is 318 g/mol. The number of carbonyl (C=O) groups is 3. The van der Waals surface area contributed by atoms with Gasteiger partial charge in [-0.25, -0.2) is 4.79 Å². The number of nitrogens with zero attached hydrogens (tertiary/aromatic N) is 2. The van der Waals surface area contributed by atoms with Crippen molar-refractivity contribution in [3.05, 3.63) is 0 Å². The molecule has 4 rings (SSSR count). The number of rotatable bonds is 2. The van der Waals surface area contributed by atoms with Gasteiger partial charge in [0.15, 0.2) is 0 Å². The summed E-state index contributed by atoms with van der Waals surface area (Å²) in [5, 5.41) is 2.90. The fourth-order valence-electron chi connectivity index (χ4n) is 5.47. The summed E-state index contributed by atoms with van der Waals surface area (Å²) in [7, 11) is 0. The minimum absolute atomic E-state index is 0.0482. The van der Waals surface area contributed by atoms with Gasteiger partial charge >= 0.3 is 6.03 Å². The van der Waals surface area contributed by atoms with Gasteiger partial charge in [0.05, 0.1) is 0 Å². The molecule has 6 nitrogen and oxygen atoms in total. The third-order valence-electron chi connectivity index (χ3n) is 6.81. The van der Waals surface area contributed by atoms with Crippen molar-refractivity contribution < 1.29 is 14.4 Å². The number of amides is 4. The van der Waals surface area contributed by atoms with Crippen molar-refractivity contribution in [3.63, 3.8) is 0 Å². The number of imide groups is 1. The van der Waals surface area contributed by atoms with E-state index >= 15 is 0 Å². The smallest absolute Gasteiger partial charge is 0.325 e. The van der Waals surface area contributed by atoms with Crippen molar-refractivity contribution in [3.8, 4) is 0 Å². The van der Waals surface area contributed by atoms with Gasteiger partial charge in [-0.15, -0.1) is 0 Å². The van der Waals surface area contributed by atoms with Crippen LogP contribution in [0.15, 0.2) is 0 Å². The second-order valence-corrected chi connectivity index (χ2v) is 8.31. The first-order valence-electron chi connectivity index (χ1n) is 10.0. The SMILES string of the molecule is O=C1NC2(CCCCC2)C(=O)N1CC(=O)N1CCC[C@@H]2CCCC[C@@H]21. The zero-order valence-electron chi connectivity index (χ0n) is 15.0. The lowest BCUT2D eigenvalue weighted by atomic mass is 9.78. The summed E-state index contributed by atoms with van der Waals surface area (Å²) >= 11 is 0. The number of urea groups is 1. The van der Waals surface area contributed by atoms with E-state index in [4.69, 9.17) is 0 Å². The number of carbonyl (C=O) groups excluding carboxylic acids is 3. The highest BCUT2D eigenvalue weighted by Crippen LogP contribution is 2.36. The van der Waals surface area contributed by atoms with Crippen molar-refractivity contribution in [1.82, 2.24) is 15.1 Å². The van der Waals surface area contributed by atoms with Crippen LogP contribution in [0.3, 0.4) is 0 Å². The molecule has 2 aliphatic heterocycles. The van der Waals surface area contributed by atoms with Crippen LogP contribution in [0.25, 0.3) is 0 Å². The molecule has 2 heterocycles.